The number of para-hydroxylation sites is 1. The van der Waals surface area contributed by atoms with E-state index in [2.05, 4.69) is 83.4 Å². The fourth-order valence-electron chi connectivity index (χ4n) is 4.08. The minimum Gasteiger partial charge on any atom is -0.309 e. The normalized spacial score (nSPS) is 11.9. The maximum Gasteiger partial charge on any atom is 0.0555 e. The number of nitrogens with zero attached hydrogens (tertiary/aromatic N) is 1. The molecule has 128 valence electrons. The van der Waals surface area contributed by atoms with E-state index in [0.29, 0.717) is 0 Å². The SMILES string of the molecule is Clc1ccc2c3ccccc3n(-c3ccc4c(c3)sc3ccccc34)c2c1. The maximum absolute atomic E-state index is 6.34. The summed E-state index contributed by atoms with van der Waals surface area (Å²) >= 11 is 8.19. The summed E-state index contributed by atoms with van der Waals surface area (Å²) < 4.78 is 4.96. The summed E-state index contributed by atoms with van der Waals surface area (Å²) in [5.74, 6) is 0. The van der Waals surface area contributed by atoms with E-state index in [-0.39, 0.29) is 0 Å². The van der Waals surface area contributed by atoms with Gasteiger partial charge in [0.15, 0.2) is 0 Å². The Morgan fingerprint density at radius 1 is 0.593 bits per heavy atom. The molecule has 0 unspecified atom stereocenters. The van der Waals surface area contributed by atoms with Gasteiger partial charge in [0.05, 0.1) is 11.0 Å². The molecule has 6 aromatic rings. The van der Waals surface area contributed by atoms with E-state index in [9.17, 15) is 0 Å². The van der Waals surface area contributed by atoms with E-state index < -0.39 is 0 Å². The Morgan fingerprint density at radius 2 is 1.30 bits per heavy atom. The average Bonchev–Trinajstić information content (AvgIpc) is 3.22. The van der Waals surface area contributed by atoms with E-state index in [0.717, 1.165) is 10.5 Å². The number of hydrogen-bond acceptors (Lipinski definition) is 1. The van der Waals surface area contributed by atoms with Gasteiger partial charge in [-0.1, -0.05) is 60.1 Å². The van der Waals surface area contributed by atoms with Crippen molar-refractivity contribution in [2.75, 3.05) is 0 Å². The summed E-state index contributed by atoms with van der Waals surface area (Å²) in [6, 6.07) is 30.1. The van der Waals surface area contributed by atoms with Crippen molar-refractivity contribution in [3.63, 3.8) is 0 Å². The first-order valence-electron chi connectivity index (χ1n) is 8.90. The summed E-state index contributed by atoms with van der Waals surface area (Å²) in [6.45, 7) is 0. The van der Waals surface area contributed by atoms with Crippen LogP contribution in [-0.4, -0.2) is 4.57 Å². The van der Waals surface area contributed by atoms with E-state index in [1.807, 2.05) is 17.4 Å². The van der Waals surface area contributed by atoms with E-state index in [4.69, 9.17) is 11.6 Å². The lowest BCUT2D eigenvalue weighted by atomic mass is 10.1. The second-order valence-electron chi connectivity index (χ2n) is 6.79. The zero-order valence-electron chi connectivity index (χ0n) is 14.3. The van der Waals surface area contributed by atoms with Crippen LogP contribution in [0.3, 0.4) is 0 Å². The molecule has 0 aliphatic rings. The molecule has 0 bridgehead atoms. The highest BCUT2D eigenvalue weighted by Crippen LogP contribution is 2.38. The standard InChI is InChI=1S/C24H14ClNS/c25-15-9-11-18-17-5-1-3-7-21(17)26(22(18)13-15)16-10-12-20-19-6-2-4-8-23(19)27-24(20)14-16/h1-14H. The van der Waals surface area contributed by atoms with Crippen molar-refractivity contribution < 1.29 is 0 Å². The highest BCUT2D eigenvalue weighted by molar-refractivity contribution is 7.25. The number of benzene rings is 4. The van der Waals surface area contributed by atoms with E-state index in [1.165, 1.54) is 42.1 Å². The van der Waals surface area contributed by atoms with Gasteiger partial charge in [0.2, 0.25) is 0 Å². The minimum absolute atomic E-state index is 0.759. The fourth-order valence-corrected chi connectivity index (χ4v) is 5.38. The van der Waals surface area contributed by atoms with Crippen molar-refractivity contribution in [2.45, 2.75) is 0 Å². The van der Waals surface area contributed by atoms with Crippen molar-refractivity contribution in [2.24, 2.45) is 0 Å². The van der Waals surface area contributed by atoms with Crippen LogP contribution in [0, 0.1) is 0 Å². The molecule has 2 heterocycles. The Kier molecular flexibility index (Phi) is 3.16. The number of aromatic nitrogens is 1. The summed E-state index contributed by atoms with van der Waals surface area (Å²) in [4.78, 5) is 0. The Bertz CT molecular complexity index is 1490. The van der Waals surface area contributed by atoms with Crippen molar-refractivity contribution in [3.8, 4) is 5.69 Å². The Morgan fingerprint density at radius 3 is 2.22 bits per heavy atom. The number of halogens is 1. The van der Waals surface area contributed by atoms with Crippen LogP contribution < -0.4 is 0 Å². The minimum atomic E-state index is 0.759. The van der Waals surface area contributed by atoms with Crippen LogP contribution in [0.25, 0.3) is 47.7 Å². The molecule has 27 heavy (non-hydrogen) atoms. The van der Waals surface area contributed by atoms with Crippen LogP contribution in [-0.2, 0) is 0 Å². The second-order valence-corrected chi connectivity index (χ2v) is 8.31. The first-order valence-corrected chi connectivity index (χ1v) is 10.1. The number of rotatable bonds is 1. The predicted molar refractivity (Wildman–Crippen MR) is 119 cm³/mol. The zero-order chi connectivity index (χ0) is 18.0. The van der Waals surface area contributed by atoms with E-state index in [1.54, 1.807) is 0 Å². The Labute approximate surface area is 165 Å². The molecule has 1 nitrogen and oxygen atoms in total. The molecule has 6 rings (SSSR count). The molecule has 0 aliphatic carbocycles. The second kappa shape index (κ2) is 5.59. The monoisotopic (exact) mass is 383 g/mol. The topological polar surface area (TPSA) is 4.93 Å². The molecule has 0 aliphatic heterocycles. The third-order valence-corrected chi connectivity index (χ3v) is 6.63. The van der Waals surface area contributed by atoms with Gasteiger partial charge in [-0.25, -0.2) is 0 Å². The van der Waals surface area contributed by atoms with Crippen molar-refractivity contribution in [3.05, 3.63) is 90.0 Å². The number of thiophene rings is 1. The molecular weight excluding hydrogens is 370 g/mol. The molecule has 0 saturated carbocycles. The van der Waals surface area contributed by atoms with Gasteiger partial charge in [-0.05, 0) is 36.4 Å². The summed E-state index contributed by atoms with van der Waals surface area (Å²) in [5, 5.41) is 5.88. The van der Waals surface area contributed by atoms with Gasteiger partial charge < -0.3 is 4.57 Å². The van der Waals surface area contributed by atoms with Gasteiger partial charge in [0.1, 0.15) is 0 Å². The largest absolute Gasteiger partial charge is 0.309 e. The smallest absolute Gasteiger partial charge is 0.0555 e. The molecule has 0 fully saturated rings. The summed E-state index contributed by atoms with van der Waals surface area (Å²) in [5.41, 5.74) is 3.52. The average molecular weight is 384 g/mol. The quantitative estimate of drug-likeness (QED) is 0.273. The van der Waals surface area contributed by atoms with Gasteiger partial charge in [0.25, 0.3) is 0 Å². The highest BCUT2D eigenvalue weighted by atomic mass is 35.5. The van der Waals surface area contributed by atoms with E-state index >= 15 is 0 Å². The fraction of sp³-hybridized carbons (Fsp3) is 0. The molecule has 3 heteroatoms. The number of fused-ring (bicyclic) bond motifs is 6. The van der Waals surface area contributed by atoms with Crippen molar-refractivity contribution in [1.29, 1.82) is 0 Å². The Hall–Kier alpha value is -2.81. The third kappa shape index (κ3) is 2.18. The lowest BCUT2D eigenvalue weighted by molar-refractivity contribution is 1.19. The van der Waals surface area contributed by atoms with Gasteiger partial charge in [0, 0.05) is 41.7 Å². The van der Waals surface area contributed by atoms with Crippen LogP contribution in [0.2, 0.25) is 5.02 Å². The zero-order valence-corrected chi connectivity index (χ0v) is 15.9. The molecular formula is C24H14ClNS. The molecule has 4 aromatic carbocycles. The first kappa shape index (κ1) is 15.3. The lowest BCUT2D eigenvalue weighted by Crippen LogP contribution is -1.93. The maximum atomic E-state index is 6.34. The number of hydrogen-bond donors (Lipinski definition) is 0. The van der Waals surface area contributed by atoms with Crippen molar-refractivity contribution in [1.82, 2.24) is 4.57 Å². The van der Waals surface area contributed by atoms with Crippen LogP contribution in [0.4, 0.5) is 0 Å². The van der Waals surface area contributed by atoms with Gasteiger partial charge >= 0.3 is 0 Å². The predicted octanol–water partition coefficient (Wildman–Crippen LogP) is 7.81. The van der Waals surface area contributed by atoms with Gasteiger partial charge in [-0.2, -0.15) is 0 Å². The lowest BCUT2D eigenvalue weighted by Gasteiger charge is -2.08. The Balaban J connectivity index is 1.73. The molecule has 0 spiro atoms. The van der Waals surface area contributed by atoms with Gasteiger partial charge in [-0.15, -0.1) is 11.3 Å². The molecule has 0 N–H and O–H groups in total. The molecule has 2 aromatic heterocycles. The highest BCUT2D eigenvalue weighted by Gasteiger charge is 2.13. The molecule has 0 atom stereocenters. The summed E-state index contributed by atoms with van der Waals surface area (Å²) in [6.07, 6.45) is 0. The van der Waals surface area contributed by atoms with Crippen LogP contribution >= 0.6 is 22.9 Å². The molecule has 0 radical (unpaired) electrons. The van der Waals surface area contributed by atoms with Crippen LogP contribution in [0.5, 0.6) is 0 Å². The molecule has 0 saturated heterocycles. The third-order valence-electron chi connectivity index (χ3n) is 5.26. The molecule has 0 amide bonds. The van der Waals surface area contributed by atoms with Crippen molar-refractivity contribution >= 4 is 64.9 Å². The summed E-state index contributed by atoms with van der Waals surface area (Å²) in [7, 11) is 0. The van der Waals surface area contributed by atoms with Crippen LogP contribution in [0.15, 0.2) is 84.9 Å². The van der Waals surface area contributed by atoms with Crippen LogP contribution in [0.1, 0.15) is 0 Å². The van der Waals surface area contributed by atoms with Gasteiger partial charge in [-0.3, -0.25) is 0 Å². The first-order chi connectivity index (χ1) is 13.3.